The smallest absolute Gasteiger partial charge is 0.220 e. The molecule has 12 aromatic rings. The van der Waals surface area contributed by atoms with Crippen molar-refractivity contribution in [1.82, 2.24) is 48.9 Å². The number of nitrogens with one attached hydrogen (secondary N) is 1. The fourth-order valence-electron chi connectivity index (χ4n) is 12.6. The molecule has 0 aliphatic carbocycles. The number of nitrogens with two attached hydrogens (primary N) is 4. The topological polar surface area (TPSA) is 310 Å². The number of unbranched alkanes of at least 4 members (excludes halogenated alkanes) is 4. The Hall–Kier alpha value is -9.97. The molecule has 0 unspecified atom stereocenters. The minimum absolute atomic E-state index is 0.00575. The number of thiocyanates is 1. The number of nitriles is 1. The molecule has 6 heterocycles. The number of phenolic OH excluding ortho intramolecular Hbond substituents is 3. The number of pyridine rings is 3. The zero-order chi connectivity index (χ0) is 67.4. The maximum absolute atomic E-state index is 12.1. The van der Waals surface area contributed by atoms with E-state index in [2.05, 4.69) is 85.3 Å². The molecular formula is C75H87N15O4S. The van der Waals surface area contributed by atoms with E-state index in [1.807, 2.05) is 112 Å². The number of carbonyl (C=O) groups is 1. The van der Waals surface area contributed by atoms with Crippen molar-refractivity contribution in [2.45, 2.75) is 164 Å². The lowest BCUT2D eigenvalue weighted by Crippen LogP contribution is -2.22. The second-order valence-electron chi connectivity index (χ2n) is 24.5. The summed E-state index contributed by atoms with van der Waals surface area (Å²) >= 11 is 1.12. The fraction of sp³-hybridized carbons (Fsp3) is 0.333. The first-order valence-corrected chi connectivity index (χ1v) is 34.0. The molecule has 0 radical (unpaired) electrons. The van der Waals surface area contributed by atoms with Crippen molar-refractivity contribution in [3.05, 3.63) is 177 Å². The van der Waals surface area contributed by atoms with Crippen molar-refractivity contribution in [3.8, 4) is 22.6 Å². The number of anilines is 3. The van der Waals surface area contributed by atoms with E-state index in [0.29, 0.717) is 62.4 Å². The normalized spacial score (nSPS) is 11.4. The molecule has 0 bridgehead atoms. The molecule has 0 saturated heterocycles. The molecule has 1 amide bonds. The molecular weight excluding hydrogens is 1210 g/mol. The number of aromatic hydroxyl groups is 3. The monoisotopic (exact) mass is 1290 g/mol. The van der Waals surface area contributed by atoms with E-state index in [9.17, 15) is 20.1 Å². The molecule has 492 valence electrons. The summed E-state index contributed by atoms with van der Waals surface area (Å²) in [6.45, 7) is 16.7. The number of benzene rings is 6. The van der Waals surface area contributed by atoms with E-state index in [1.54, 1.807) is 0 Å². The highest BCUT2D eigenvalue weighted by Crippen LogP contribution is 2.36. The largest absolute Gasteiger partial charge is 0.507 e. The van der Waals surface area contributed by atoms with Gasteiger partial charge in [0.05, 0.1) is 33.1 Å². The number of imidazole rings is 3. The molecule has 0 saturated carbocycles. The van der Waals surface area contributed by atoms with Crippen LogP contribution in [-0.2, 0) is 62.5 Å². The third kappa shape index (κ3) is 15.0. The van der Waals surface area contributed by atoms with Gasteiger partial charge in [-0.1, -0.05) is 126 Å². The van der Waals surface area contributed by atoms with Gasteiger partial charge in [0.25, 0.3) is 0 Å². The molecule has 0 atom stereocenters. The Morgan fingerprint density at radius 3 is 1.22 bits per heavy atom. The minimum Gasteiger partial charge on any atom is -0.507 e. The number of thioether (sulfide) groups is 1. The average Bonchev–Trinajstić information content (AvgIpc) is 1.64. The van der Waals surface area contributed by atoms with Crippen molar-refractivity contribution in [2.75, 3.05) is 17.2 Å². The van der Waals surface area contributed by atoms with Gasteiger partial charge in [-0.25, -0.2) is 29.9 Å². The third-order valence-electron chi connectivity index (χ3n) is 17.4. The number of nitrogen functional groups attached to an aromatic ring is 3. The van der Waals surface area contributed by atoms with Gasteiger partial charge in [-0.05, 0) is 128 Å². The number of hydrogen-bond donors (Lipinski definition) is 8. The molecule has 20 heteroatoms. The summed E-state index contributed by atoms with van der Waals surface area (Å²) in [5, 5.41) is 48.4. The van der Waals surface area contributed by atoms with Gasteiger partial charge in [0, 0.05) is 97.0 Å². The number of hydrogen-bond acceptors (Lipinski definition) is 16. The first kappa shape index (κ1) is 67.9. The van der Waals surface area contributed by atoms with Crippen LogP contribution in [0.2, 0.25) is 0 Å². The molecule has 95 heavy (non-hydrogen) atoms. The van der Waals surface area contributed by atoms with E-state index in [1.165, 1.54) is 0 Å². The van der Waals surface area contributed by atoms with Crippen LogP contribution in [0.25, 0.3) is 65.8 Å². The standard InChI is InChI=1S/C28H35N5O2.C24H25N5OS.C23H27N5O/c1-4-6-12-23-32-25-26(21-10-8-9-11-22(21)31-28(25)29)33(23)17-19-14-18(3)27(35)20(15-19)16-30-24(34)13-7-5-2;1-3-4-9-20-28-21-22(18-7-5-6-8-19(18)27-24(21)26)29(20)12-16-10-15(2)23(30)17(11-16)13-31-14-25;1-3-4-9-19-27-20-21(17-7-5-6-8-18(17)26-23(20)25)28(19)13-15-10-14(2)22(29)16(11-15)12-24/h8-11,14-15,35H,4-7,12-13,16-17H2,1-3H3,(H2,29,31)(H,30,34);5-8,10-11,30H,3-4,9,12-13H2,1-2H3,(H2,26,27);5-8,10-11,29H,3-4,9,12-13,24H2,1-2H3,(H2,25,26). The van der Waals surface area contributed by atoms with Crippen molar-refractivity contribution >= 4 is 101 Å². The molecule has 0 aliphatic heterocycles. The lowest BCUT2D eigenvalue weighted by Gasteiger charge is -2.15. The Bertz CT molecular complexity index is 4810. The van der Waals surface area contributed by atoms with Gasteiger partial charge in [-0.2, -0.15) is 5.26 Å². The number of amides is 1. The summed E-state index contributed by atoms with van der Waals surface area (Å²) in [6, 6.07) is 36.0. The lowest BCUT2D eigenvalue weighted by molar-refractivity contribution is -0.121. The van der Waals surface area contributed by atoms with Gasteiger partial charge in [-0.15, -0.1) is 0 Å². The van der Waals surface area contributed by atoms with Gasteiger partial charge < -0.3 is 57.3 Å². The maximum Gasteiger partial charge on any atom is 0.220 e. The highest BCUT2D eigenvalue weighted by atomic mass is 32.2. The summed E-state index contributed by atoms with van der Waals surface area (Å²) in [7, 11) is 0. The summed E-state index contributed by atoms with van der Waals surface area (Å²) in [4.78, 5) is 40.5. The average molecular weight is 1290 g/mol. The number of para-hydroxylation sites is 3. The Labute approximate surface area is 558 Å². The van der Waals surface area contributed by atoms with Crippen LogP contribution in [0.1, 0.15) is 153 Å². The van der Waals surface area contributed by atoms with E-state index in [4.69, 9.17) is 43.1 Å². The summed E-state index contributed by atoms with van der Waals surface area (Å²) in [5.41, 5.74) is 40.4. The van der Waals surface area contributed by atoms with Crippen molar-refractivity contribution < 1.29 is 20.1 Å². The van der Waals surface area contributed by atoms with E-state index in [-0.39, 0.29) is 23.2 Å². The van der Waals surface area contributed by atoms with Crippen LogP contribution in [-0.4, -0.2) is 64.8 Å². The summed E-state index contributed by atoms with van der Waals surface area (Å²) in [5.74, 6) is 5.52. The van der Waals surface area contributed by atoms with Gasteiger partial charge in [0.15, 0.2) is 17.5 Å². The second-order valence-corrected chi connectivity index (χ2v) is 25.3. The molecule has 0 spiro atoms. The van der Waals surface area contributed by atoms with Gasteiger partial charge >= 0.3 is 0 Å². The first-order valence-electron chi connectivity index (χ1n) is 33.0. The number of fused-ring (bicyclic) bond motifs is 9. The Balaban J connectivity index is 0.000000156. The lowest BCUT2D eigenvalue weighted by atomic mass is 10.0. The van der Waals surface area contributed by atoms with E-state index >= 15 is 0 Å². The van der Waals surface area contributed by atoms with E-state index in [0.717, 1.165) is 216 Å². The minimum atomic E-state index is 0.00575. The number of aromatic nitrogens is 9. The third-order valence-corrected chi connectivity index (χ3v) is 18.0. The molecule has 0 fully saturated rings. The second kappa shape index (κ2) is 30.9. The first-order chi connectivity index (χ1) is 46.0. The number of phenols is 3. The predicted octanol–water partition coefficient (Wildman–Crippen LogP) is 14.7. The van der Waals surface area contributed by atoms with Crippen LogP contribution >= 0.6 is 11.8 Å². The van der Waals surface area contributed by atoms with Crippen LogP contribution in [0.3, 0.4) is 0 Å². The van der Waals surface area contributed by atoms with Crippen LogP contribution in [0.15, 0.2) is 109 Å². The van der Waals surface area contributed by atoms with Crippen molar-refractivity contribution in [3.63, 3.8) is 0 Å². The Morgan fingerprint density at radius 2 is 0.853 bits per heavy atom. The molecule has 6 aromatic carbocycles. The van der Waals surface area contributed by atoms with Gasteiger partial charge in [0.1, 0.15) is 56.7 Å². The number of aryl methyl sites for hydroxylation is 6. The van der Waals surface area contributed by atoms with Crippen LogP contribution in [0, 0.1) is 31.4 Å². The highest BCUT2D eigenvalue weighted by Gasteiger charge is 2.23. The Morgan fingerprint density at radius 1 is 0.505 bits per heavy atom. The summed E-state index contributed by atoms with van der Waals surface area (Å²) < 4.78 is 6.72. The zero-order valence-corrected chi connectivity index (χ0v) is 56.4. The van der Waals surface area contributed by atoms with Crippen molar-refractivity contribution in [1.29, 1.82) is 5.26 Å². The van der Waals surface area contributed by atoms with Crippen LogP contribution in [0.5, 0.6) is 17.2 Å². The number of carbonyl (C=O) groups excluding carboxylic acids is 1. The summed E-state index contributed by atoms with van der Waals surface area (Å²) in [6.07, 6.45) is 11.3. The highest BCUT2D eigenvalue weighted by molar-refractivity contribution is 8.02. The van der Waals surface area contributed by atoms with Gasteiger partial charge in [-0.3, -0.25) is 4.79 Å². The van der Waals surface area contributed by atoms with Crippen LogP contribution < -0.4 is 28.3 Å². The fourth-order valence-corrected chi connectivity index (χ4v) is 13.0. The molecule has 0 aliphatic rings. The van der Waals surface area contributed by atoms with Crippen molar-refractivity contribution in [2.24, 2.45) is 5.73 Å². The Kier molecular flexibility index (Phi) is 22.1. The van der Waals surface area contributed by atoms with E-state index < -0.39 is 0 Å². The molecule has 12 rings (SSSR count). The number of rotatable bonds is 23. The quantitative estimate of drug-likeness (QED) is 0.0276. The predicted molar refractivity (Wildman–Crippen MR) is 386 cm³/mol. The maximum atomic E-state index is 12.1. The SMILES string of the molecule is CCCCC(=O)NCc1cc(Cn2c(CCCC)nc3c(N)nc4ccccc4c32)cc(C)c1O.CCCCc1nc2c(N)nc3ccccc3c2n1Cc1cc(C)c(O)c(CN)c1.CCCCc1nc2c(N)nc3ccccc3c2n1Cc1cc(C)c(O)c(CSC#N)c1. The van der Waals surface area contributed by atoms with Gasteiger partial charge in [0.2, 0.25) is 5.91 Å². The molecule has 6 aromatic heterocycles. The molecule has 12 N–H and O–H groups in total. The zero-order valence-electron chi connectivity index (χ0n) is 55.6. The van der Waals surface area contributed by atoms with Crippen LogP contribution in [0.4, 0.5) is 17.5 Å². The molecule has 19 nitrogen and oxygen atoms in total. The number of nitrogens with zero attached hydrogens (tertiary/aromatic N) is 10.